The molecule has 0 spiro atoms. The molecule has 1 fully saturated rings. The SMILES string of the molecule is O=S(=O)(c1ccc(Cl)cc1)N1CC[NH+](C[C@@H]2CC=CCC2)CC1. The molecular formula is C17H24ClN2O2S+. The fourth-order valence-electron chi connectivity index (χ4n) is 3.45. The molecule has 0 bridgehead atoms. The second-order valence-electron chi connectivity index (χ2n) is 6.46. The fourth-order valence-corrected chi connectivity index (χ4v) is 5.02. The smallest absolute Gasteiger partial charge is 0.243 e. The Balaban J connectivity index is 1.57. The fraction of sp³-hybridized carbons (Fsp3) is 0.529. The van der Waals surface area contributed by atoms with Crippen LogP contribution in [0.1, 0.15) is 19.3 Å². The summed E-state index contributed by atoms with van der Waals surface area (Å²) in [5, 5.41) is 0.555. The molecule has 1 aromatic rings. The highest BCUT2D eigenvalue weighted by molar-refractivity contribution is 7.89. The molecule has 0 unspecified atom stereocenters. The van der Waals surface area contributed by atoms with E-state index in [4.69, 9.17) is 11.6 Å². The van der Waals surface area contributed by atoms with Gasteiger partial charge in [0.1, 0.15) is 0 Å². The molecule has 1 aliphatic heterocycles. The molecule has 0 amide bonds. The van der Waals surface area contributed by atoms with Crippen LogP contribution in [0, 0.1) is 5.92 Å². The van der Waals surface area contributed by atoms with Crippen molar-refractivity contribution in [2.45, 2.75) is 24.2 Å². The van der Waals surface area contributed by atoms with Crippen LogP contribution in [0.15, 0.2) is 41.3 Å². The molecule has 1 heterocycles. The Bertz CT molecular complexity index is 650. The quantitative estimate of drug-likeness (QED) is 0.833. The van der Waals surface area contributed by atoms with Crippen molar-refractivity contribution in [2.24, 2.45) is 5.92 Å². The van der Waals surface area contributed by atoms with Gasteiger partial charge in [-0.3, -0.25) is 0 Å². The van der Waals surface area contributed by atoms with Gasteiger partial charge in [-0.1, -0.05) is 23.8 Å². The Kier molecular flexibility index (Phi) is 5.42. The van der Waals surface area contributed by atoms with E-state index >= 15 is 0 Å². The number of hydrogen-bond acceptors (Lipinski definition) is 2. The van der Waals surface area contributed by atoms with Crippen LogP contribution in [0.25, 0.3) is 0 Å². The third kappa shape index (κ3) is 4.15. The Morgan fingerprint density at radius 3 is 2.43 bits per heavy atom. The highest BCUT2D eigenvalue weighted by atomic mass is 35.5. The minimum Gasteiger partial charge on any atom is -0.333 e. The summed E-state index contributed by atoms with van der Waals surface area (Å²) in [5.41, 5.74) is 0. The second-order valence-corrected chi connectivity index (χ2v) is 8.84. The van der Waals surface area contributed by atoms with Crippen molar-refractivity contribution in [3.8, 4) is 0 Å². The van der Waals surface area contributed by atoms with E-state index in [1.165, 1.54) is 30.7 Å². The maximum Gasteiger partial charge on any atom is 0.243 e. The van der Waals surface area contributed by atoms with E-state index in [0.29, 0.717) is 23.0 Å². The predicted molar refractivity (Wildman–Crippen MR) is 92.3 cm³/mol. The molecule has 6 heteroatoms. The van der Waals surface area contributed by atoms with Gasteiger partial charge in [-0.25, -0.2) is 8.42 Å². The average molecular weight is 356 g/mol. The van der Waals surface area contributed by atoms with Gasteiger partial charge in [0.15, 0.2) is 0 Å². The lowest BCUT2D eigenvalue weighted by Crippen LogP contribution is -3.15. The van der Waals surface area contributed by atoms with Crippen LogP contribution >= 0.6 is 11.6 Å². The standard InChI is InChI=1S/C17H23ClN2O2S/c18-16-6-8-17(9-7-16)23(21,22)20-12-10-19(11-13-20)14-15-4-2-1-3-5-15/h1-2,6-9,15H,3-5,10-14H2/p+1/t15-/m1/s1. The molecule has 1 aliphatic carbocycles. The summed E-state index contributed by atoms with van der Waals surface area (Å²) in [6.45, 7) is 4.16. The molecule has 1 aromatic carbocycles. The van der Waals surface area contributed by atoms with Crippen molar-refractivity contribution >= 4 is 21.6 Å². The van der Waals surface area contributed by atoms with Crippen molar-refractivity contribution in [3.63, 3.8) is 0 Å². The first-order chi connectivity index (χ1) is 11.1. The molecule has 0 aromatic heterocycles. The van der Waals surface area contributed by atoms with Crippen molar-refractivity contribution in [3.05, 3.63) is 41.4 Å². The maximum atomic E-state index is 12.7. The molecular weight excluding hydrogens is 332 g/mol. The van der Waals surface area contributed by atoms with E-state index in [9.17, 15) is 8.42 Å². The van der Waals surface area contributed by atoms with E-state index < -0.39 is 10.0 Å². The van der Waals surface area contributed by atoms with Crippen LogP contribution in [0.4, 0.5) is 0 Å². The average Bonchev–Trinajstić information content (AvgIpc) is 2.57. The normalized spacial score (nSPS) is 24.0. The maximum absolute atomic E-state index is 12.7. The van der Waals surface area contributed by atoms with Gasteiger partial charge in [0.2, 0.25) is 10.0 Å². The van der Waals surface area contributed by atoms with Crippen molar-refractivity contribution < 1.29 is 13.3 Å². The number of quaternary nitrogens is 1. The zero-order valence-corrected chi connectivity index (χ0v) is 14.8. The molecule has 4 nitrogen and oxygen atoms in total. The van der Waals surface area contributed by atoms with Gasteiger partial charge in [0, 0.05) is 10.9 Å². The molecule has 1 atom stereocenters. The number of rotatable bonds is 4. The zero-order valence-electron chi connectivity index (χ0n) is 13.2. The van der Waals surface area contributed by atoms with Crippen molar-refractivity contribution in [2.75, 3.05) is 32.7 Å². The number of benzene rings is 1. The zero-order chi connectivity index (χ0) is 16.3. The minimum atomic E-state index is -3.39. The largest absolute Gasteiger partial charge is 0.333 e. The number of allylic oxidation sites excluding steroid dienone is 2. The van der Waals surface area contributed by atoms with Crippen molar-refractivity contribution in [1.29, 1.82) is 0 Å². The molecule has 1 N–H and O–H groups in total. The van der Waals surface area contributed by atoms with E-state index in [2.05, 4.69) is 12.2 Å². The number of nitrogens with one attached hydrogen (secondary N) is 1. The number of nitrogens with zero attached hydrogens (tertiary/aromatic N) is 1. The monoisotopic (exact) mass is 355 g/mol. The molecule has 0 saturated carbocycles. The first-order valence-corrected chi connectivity index (χ1v) is 10.1. The highest BCUT2D eigenvalue weighted by Gasteiger charge is 2.31. The lowest BCUT2D eigenvalue weighted by Gasteiger charge is -2.33. The number of piperazine rings is 1. The third-order valence-electron chi connectivity index (χ3n) is 4.84. The van der Waals surface area contributed by atoms with E-state index in [-0.39, 0.29) is 0 Å². The van der Waals surface area contributed by atoms with Gasteiger partial charge < -0.3 is 4.90 Å². The van der Waals surface area contributed by atoms with Crippen LogP contribution in [0.2, 0.25) is 5.02 Å². The molecule has 3 rings (SSSR count). The molecule has 1 saturated heterocycles. The first kappa shape index (κ1) is 17.0. The lowest BCUT2D eigenvalue weighted by molar-refractivity contribution is -0.907. The second kappa shape index (κ2) is 7.34. The number of hydrogen-bond donors (Lipinski definition) is 1. The van der Waals surface area contributed by atoms with E-state index in [1.54, 1.807) is 28.6 Å². The third-order valence-corrected chi connectivity index (χ3v) is 7.00. The topological polar surface area (TPSA) is 41.8 Å². The van der Waals surface area contributed by atoms with Crippen LogP contribution < -0.4 is 4.90 Å². The molecule has 2 aliphatic rings. The van der Waals surface area contributed by atoms with Gasteiger partial charge in [-0.05, 0) is 43.5 Å². The number of halogens is 1. The summed E-state index contributed by atoms with van der Waals surface area (Å²) in [6.07, 6.45) is 8.19. The summed E-state index contributed by atoms with van der Waals surface area (Å²) in [5.74, 6) is 0.759. The Labute approximate surface area is 143 Å². The summed E-state index contributed by atoms with van der Waals surface area (Å²) >= 11 is 5.84. The van der Waals surface area contributed by atoms with Gasteiger partial charge in [0.05, 0.1) is 37.6 Å². The van der Waals surface area contributed by atoms with Gasteiger partial charge >= 0.3 is 0 Å². The lowest BCUT2D eigenvalue weighted by atomic mass is 9.94. The molecule has 23 heavy (non-hydrogen) atoms. The summed E-state index contributed by atoms with van der Waals surface area (Å²) in [7, 11) is -3.39. The Morgan fingerprint density at radius 1 is 1.13 bits per heavy atom. The first-order valence-electron chi connectivity index (χ1n) is 8.30. The van der Waals surface area contributed by atoms with Crippen LogP contribution in [-0.4, -0.2) is 45.4 Å². The van der Waals surface area contributed by atoms with Crippen LogP contribution in [0.3, 0.4) is 0 Å². The summed E-state index contributed by atoms with van der Waals surface area (Å²) < 4.78 is 26.9. The predicted octanol–water partition coefficient (Wildman–Crippen LogP) is 1.59. The Hall–Kier alpha value is -0.880. The molecule has 126 valence electrons. The van der Waals surface area contributed by atoms with Crippen LogP contribution in [-0.2, 0) is 10.0 Å². The Morgan fingerprint density at radius 2 is 1.83 bits per heavy atom. The van der Waals surface area contributed by atoms with Gasteiger partial charge in [0.25, 0.3) is 0 Å². The van der Waals surface area contributed by atoms with E-state index in [0.717, 1.165) is 19.0 Å². The summed E-state index contributed by atoms with van der Waals surface area (Å²) in [4.78, 5) is 1.87. The van der Waals surface area contributed by atoms with Gasteiger partial charge in [-0.15, -0.1) is 0 Å². The number of sulfonamides is 1. The summed E-state index contributed by atoms with van der Waals surface area (Å²) in [6, 6.07) is 6.44. The van der Waals surface area contributed by atoms with Crippen molar-refractivity contribution in [1.82, 2.24) is 4.31 Å². The van der Waals surface area contributed by atoms with E-state index in [1.807, 2.05) is 0 Å². The molecule has 0 radical (unpaired) electrons. The minimum absolute atomic E-state index is 0.336. The van der Waals surface area contributed by atoms with Crippen LogP contribution in [0.5, 0.6) is 0 Å². The van der Waals surface area contributed by atoms with Gasteiger partial charge in [-0.2, -0.15) is 4.31 Å². The highest BCUT2D eigenvalue weighted by Crippen LogP contribution is 2.19.